The van der Waals surface area contributed by atoms with Gasteiger partial charge >= 0.3 is 0 Å². The fourth-order valence-corrected chi connectivity index (χ4v) is 4.25. The van der Waals surface area contributed by atoms with Crippen LogP contribution in [-0.2, 0) is 14.4 Å². The Morgan fingerprint density at radius 1 is 0.667 bits per heavy atom. The topological polar surface area (TPSA) is 97.0 Å². The normalized spacial score (nSPS) is 19.3. The highest BCUT2D eigenvalue weighted by Gasteiger charge is 2.37. The first-order valence-electron chi connectivity index (χ1n) is 13.1. The second-order valence-corrected chi connectivity index (χ2v) is 10.3. The highest BCUT2D eigenvalue weighted by molar-refractivity contribution is 5.87. The van der Waals surface area contributed by atoms with Gasteiger partial charge in [0, 0.05) is 13.0 Å². The van der Waals surface area contributed by atoms with E-state index in [1.165, 1.54) is 0 Å². The summed E-state index contributed by atoms with van der Waals surface area (Å²) in [5.41, 5.74) is 11.3. The van der Waals surface area contributed by atoms with Crippen LogP contribution in [0.1, 0.15) is 27.2 Å². The first kappa shape index (κ1) is 27.5. The molecule has 3 saturated heterocycles. The van der Waals surface area contributed by atoms with Crippen molar-refractivity contribution in [1.82, 2.24) is 16.3 Å². The van der Waals surface area contributed by atoms with Gasteiger partial charge in [-0.3, -0.25) is 45.7 Å². The molecule has 3 aliphatic rings. The molecular weight excluding hydrogens is 492 g/mol. The molecule has 0 aliphatic carbocycles. The maximum absolute atomic E-state index is 11.5. The number of rotatable bonds is 3. The minimum Gasteiger partial charge on any atom is -0.285 e. The van der Waals surface area contributed by atoms with Gasteiger partial charge in [-0.05, 0) is 50.2 Å². The van der Waals surface area contributed by atoms with Crippen molar-refractivity contribution in [1.29, 1.82) is 0 Å². The zero-order chi connectivity index (χ0) is 27.8. The van der Waals surface area contributed by atoms with Gasteiger partial charge < -0.3 is 0 Å². The summed E-state index contributed by atoms with van der Waals surface area (Å²) in [6.07, 6.45) is 0.592. The van der Waals surface area contributed by atoms with Gasteiger partial charge in [0.05, 0.1) is 41.5 Å². The van der Waals surface area contributed by atoms with Crippen molar-refractivity contribution in [3.05, 3.63) is 91.0 Å². The first-order chi connectivity index (χ1) is 18.7. The van der Waals surface area contributed by atoms with Crippen LogP contribution >= 0.6 is 0 Å². The summed E-state index contributed by atoms with van der Waals surface area (Å²) in [5.74, 6) is 0.365. The Labute approximate surface area is 229 Å². The van der Waals surface area contributed by atoms with E-state index in [4.69, 9.17) is 0 Å². The Morgan fingerprint density at radius 3 is 1.54 bits per heavy atom. The minimum absolute atomic E-state index is 0.0835. The molecule has 3 aliphatic heterocycles. The summed E-state index contributed by atoms with van der Waals surface area (Å²) >= 11 is 0. The number of hydrogen-bond acceptors (Lipinski definition) is 6. The molecule has 6 rings (SSSR count). The molecule has 0 spiro atoms. The standard InChI is InChI=1S/C11H14N2O.C10H12N2O.C9H10N2O/c1-11(2)8-13(12-10(11)14)9-6-4-3-5-7-9;1-8-7-12(11-10(8)13)9-5-3-2-4-6-9;12-9-6-7-11(10-9)8-4-2-1-3-5-8/h3-7H,8H2,1-2H3,(H,12,14);2-6,8H,7H2,1H3,(H,11,13);1-5H,6-7H2,(H,10,12). The third kappa shape index (κ3) is 7.28. The summed E-state index contributed by atoms with van der Waals surface area (Å²) < 4.78 is 0. The van der Waals surface area contributed by atoms with Gasteiger partial charge in [-0.1, -0.05) is 61.5 Å². The van der Waals surface area contributed by atoms with E-state index < -0.39 is 0 Å². The van der Waals surface area contributed by atoms with Gasteiger partial charge in [0.25, 0.3) is 0 Å². The van der Waals surface area contributed by atoms with Gasteiger partial charge in [-0.2, -0.15) is 0 Å². The van der Waals surface area contributed by atoms with Crippen molar-refractivity contribution in [2.24, 2.45) is 11.3 Å². The quantitative estimate of drug-likeness (QED) is 0.480. The van der Waals surface area contributed by atoms with Crippen molar-refractivity contribution in [3.63, 3.8) is 0 Å². The predicted octanol–water partition coefficient (Wildman–Crippen LogP) is 3.67. The molecule has 1 atom stereocenters. The molecule has 3 amide bonds. The van der Waals surface area contributed by atoms with Crippen molar-refractivity contribution in [2.75, 3.05) is 34.7 Å². The third-order valence-electron chi connectivity index (χ3n) is 6.58. The van der Waals surface area contributed by atoms with Crippen LogP contribution < -0.4 is 31.3 Å². The van der Waals surface area contributed by atoms with Gasteiger partial charge in [-0.25, -0.2) is 0 Å². The fourth-order valence-electron chi connectivity index (χ4n) is 4.25. The lowest BCUT2D eigenvalue weighted by atomic mass is 9.94. The van der Waals surface area contributed by atoms with Crippen molar-refractivity contribution in [2.45, 2.75) is 27.2 Å². The van der Waals surface area contributed by atoms with Gasteiger partial charge in [0.1, 0.15) is 0 Å². The molecule has 0 saturated carbocycles. The Bertz CT molecular complexity index is 1250. The van der Waals surface area contributed by atoms with Crippen LogP contribution in [0.3, 0.4) is 0 Å². The molecule has 1 unspecified atom stereocenters. The monoisotopic (exact) mass is 528 g/mol. The van der Waals surface area contributed by atoms with Gasteiger partial charge in [0.15, 0.2) is 0 Å². The molecule has 39 heavy (non-hydrogen) atoms. The number of para-hydroxylation sites is 3. The van der Waals surface area contributed by atoms with E-state index in [-0.39, 0.29) is 29.1 Å². The average molecular weight is 529 g/mol. The molecule has 9 heteroatoms. The van der Waals surface area contributed by atoms with E-state index in [0.29, 0.717) is 6.42 Å². The smallest absolute Gasteiger partial charge is 0.246 e. The number of carbonyl (C=O) groups excluding carboxylic acids is 3. The fraction of sp³-hybridized carbons (Fsp3) is 0.300. The summed E-state index contributed by atoms with van der Waals surface area (Å²) in [6.45, 7) is 8.07. The maximum Gasteiger partial charge on any atom is 0.246 e. The second kappa shape index (κ2) is 12.3. The molecule has 0 aromatic heterocycles. The Balaban J connectivity index is 0.000000136. The predicted molar refractivity (Wildman–Crippen MR) is 153 cm³/mol. The molecule has 3 N–H and O–H groups in total. The zero-order valence-electron chi connectivity index (χ0n) is 22.6. The minimum atomic E-state index is -0.296. The van der Waals surface area contributed by atoms with Crippen LogP contribution in [0.25, 0.3) is 0 Å². The van der Waals surface area contributed by atoms with Crippen LogP contribution in [0.2, 0.25) is 0 Å². The van der Waals surface area contributed by atoms with Gasteiger partial charge in [-0.15, -0.1) is 0 Å². The first-order valence-corrected chi connectivity index (χ1v) is 13.1. The van der Waals surface area contributed by atoms with Crippen molar-refractivity contribution in [3.8, 4) is 0 Å². The Morgan fingerprint density at radius 2 is 1.15 bits per heavy atom. The number of carbonyl (C=O) groups is 3. The van der Waals surface area contributed by atoms with E-state index in [1.54, 1.807) is 0 Å². The number of amides is 3. The zero-order valence-corrected chi connectivity index (χ0v) is 22.6. The van der Waals surface area contributed by atoms with Crippen LogP contribution in [0.15, 0.2) is 91.0 Å². The lowest BCUT2D eigenvalue weighted by Gasteiger charge is -2.18. The molecule has 3 heterocycles. The molecule has 3 fully saturated rings. The van der Waals surface area contributed by atoms with E-state index in [9.17, 15) is 14.4 Å². The number of nitrogens with zero attached hydrogens (tertiary/aromatic N) is 3. The summed E-state index contributed by atoms with van der Waals surface area (Å²) in [5, 5.41) is 5.64. The lowest BCUT2D eigenvalue weighted by Crippen LogP contribution is -2.33. The van der Waals surface area contributed by atoms with E-state index in [1.807, 2.05) is 127 Å². The molecule has 0 radical (unpaired) electrons. The van der Waals surface area contributed by atoms with E-state index >= 15 is 0 Å². The van der Waals surface area contributed by atoms with Crippen molar-refractivity contribution < 1.29 is 14.4 Å². The molecule has 9 nitrogen and oxygen atoms in total. The Hall–Kier alpha value is -4.53. The SMILES string of the molecule is CC1(C)CN(c2ccccc2)NC1=O.CC1CN(c2ccccc2)NC1=O.O=C1CCN(c2ccccc2)N1. The third-order valence-corrected chi connectivity index (χ3v) is 6.58. The molecular formula is C30H36N6O3. The number of benzene rings is 3. The van der Waals surface area contributed by atoms with E-state index in [2.05, 4.69) is 16.3 Å². The maximum atomic E-state index is 11.5. The van der Waals surface area contributed by atoms with Crippen LogP contribution in [0, 0.1) is 11.3 Å². The number of hydrogen-bond donors (Lipinski definition) is 3. The molecule has 3 aromatic rings. The summed E-state index contributed by atoms with van der Waals surface area (Å²) in [6, 6.07) is 29.6. The van der Waals surface area contributed by atoms with Crippen LogP contribution in [0.4, 0.5) is 17.1 Å². The van der Waals surface area contributed by atoms with E-state index in [0.717, 1.165) is 36.7 Å². The molecule has 3 aromatic carbocycles. The van der Waals surface area contributed by atoms with Crippen molar-refractivity contribution >= 4 is 34.8 Å². The highest BCUT2D eigenvalue weighted by Crippen LogP contribution is 2.26. The number of nitrogens with one attached hydrogen (secondary N) is 3. The number of hydrazine groups is 3. The average Bonchev–Trinajstić information content (AvgIpc) is 3.62. The number of anilines is 3. The second-order valence-electron chi connectivity index (χ2n) is 10.3. The molecule has 204 valence electrons. The highest BCUT2D eigenvalue weighted by atomic mass is 16.2. The largest absolute Gasteiger partial charge is 0.285 e. The summed E-state index contributed by atoms with van der Waals surface area (Å²) in [4.78, 5) is 33.6. The summed E-state index contributed by atoms with van der Waals surface area (Å²) in [7, 11) is 0. The molecule has 0 bridgehead atoms. The lowest BCUT2D eigenvalue weighted by molar-refractivity contribution is -0.125. The Kier molecular flexibility index (Phi) is 8.70. The van der Waals surface area contributed by atoms with Crippen LogP contribution in [0.5, 0.6) is 0 Å². The van der Waals surface area contributed by atoms with Crippen LogP contribution in [-0.4, -0.2) is 37.4 Å². The van der Waals surface area contributed by atoms with Gasteiger partial charge in [0.2, 0.25) is 17.7 Å².